The third-order valence-electron chi connectivity index (χ3n) is 3.06. The van der Waals surface area contributed by atoms with Gasteiger partial charge in [0.25, 0.3) is 5.91 Å². The van der Waals surface area contributed by atoms with E-state index in [4.69, 9.17) is 4.74 Å². The Labute approximate surface area is 142 Å². The highest BCUT2D eigenvalue weighted by Gasteiger charge is 2.03. The predicted molar refractivity (Wildman–Crippen MR) is 91.2 cm³/mol. The van der Waals surface area contributed by atoms with E-state index in [0.29, 0.717) is 10.2 Å². The van der Waals surface area contributed by atoms with Gasteiger partial charge in [-0.2, -0.15) is 5.10 Å². The third-order valence-corrected chi connectivity index (χ3v) is 3.55. The molecule has 1 N–H and O–H groups in total. The van der Waals surface area contributed by atoms with E-state index in [1.165, 1.54) is 17.8 Å². The van der Waals surface area contributed by atoms with Crippen LogP contribution >= 0.6 is 15.9 Å². The van der Waals surface area contributed by atoms with Crippen LogP contribution in [0.2, 0.25) is 0 Å². The number of rotatable bonds is 6. The van der Waals surface area contributed by atoms with Gasteiger partial charge in [0.1, 0.15) is 11.6 Å². The normalized spacial score (nSPS) is 10.7. The van der Waals surface area contributed by atoms with Crippen molar-refractivity contribution in [1.82, 2.24) is 5.43 Å². The Bertz CT molecular complexity index is 702. The maximum absolute atomic E-state index is 13.5. The van der Waals surface area contributed by atoms with Gasteiger partial charge in [0, 0.05) is 10.0 Å². The van der Waals surface area contributed by atoms with Gasteiger partial charge in [0.2, 0.25) is 0 Å². The molecule has 1 amide bonds. The van der Waals surface area contributed by atoms with E-state index in [0.717, 1.165) is 6.42 Å². The van der Waals surface area contributed by atoms with Crippen molar-refractivity contribution in [2.24, 2.45) is 5.10 Å². The summed E-state index contributed by atoms with van der Waals surface area (Å²) in [5.74, 6) is -0.233. The Hall–Kier alpha value is -2.21. The molecule has 0 aliphatic rings. The van der Waals surface area contributed by atoms with E-state index in [2.05, 4.69) is 33.4 Å². The largest absolute Gasteiger partial charge is 0.484 e. The van der Waals surface area contributed by atoms with Gasteiger partial charge in [0.05, 0.1) is 6.21 Å². The summed E-state index contributed by atoms with van der Waals surface area (Å²) in [5.41, 5.74) is 3.77. The Balaban J connectivity index is 1.81. The number of halogens is 2. The summed E-state index contributed by atoms with van der Waals surface area (Å²) < 4.78 is 19.5. The Morgan fingerprint density at radius 1 is 1.30 bits per heavy atom. The number of amides is 1. The lowest BCUT2D eigenvalue weighted by Crippen LogP contribution is -2.24. The van der Waals surface area contributed by atoms with Crippen LogP contribution in [0.4, 0.5) is 4.39 Å². The van der Waals surface area contributed by atoms with Crippen molar-refractivity contribution in [2.75, 3.05) is 6.61 Å². The van der Waals surface area contributed by atoms with Gasteiger partial charge < -0.3 is 4.74 Å². The lowest BCUT2D eigenvalue weighted by atomic mass is 10.2. The molecule has 120 valence electrons. The van der Waals surface area contributed by atoms with Gasteiger partial charge in [-0.25, -0.2) is 9.82 Å². The Kier molecular flexibility index (Phi) is 6.29. The molecule has 23 heavy (non-hydrogen) atoms. The number of nitrogens with zero attached hydrogens (tertiary/aromatic N) is 1. The first-order chi connectivity index (χ1) is 11.1. The number of benzene rings is 2. The van der Waals surface area contributed by atoms with Crippen molar-refractivity contribution >= 4 is 28.1 Å². The van der Waals surface area contributed by atoms with Gasteiger partial charge in [-0.1, -0.05) is 35.0 Å². The molecular weight excluding hydrogens is 363 g/mol. The van der Waals surface area contributed by atoms with E-state index in [-0.39, 0.29) is 12.2 Å². The highest BCUT2D eigenvalue weighted by Crippen LogP contribution is 2.14. The maximum atomic E-state index is 13.5. The second kappa shape index (κ2) is 8.43. The molecule has 0 aliphatic carbocycles. The summed E-state index contributed by atoms with van der Waals surface area (Å²) in [6.45, 7) is 1.90. The quantitative estimate of drug-likeness (QED) is 0.615. The standard InChI is InChI=1S/C17H16BrFN2O2/c1-2-12-3-7-15(8-4-12)23-11-17(22)21-20-10-13-5-6-14(18)9-16(13)19/h3-10H,2,11H2,1H3,(H,21,22)/b20-10-. The lowest BCUT2D eigenvalue weighted by Gasteiger charge is -2.05. The third kappa shape index (κ3) is 5.49. The molecule has 0 radical (unpaired) electrons. The number of hydrazone groups is 1. The summed E-state index contributed by atoms with van der Waals surface area (Å²) in [4.78, 5) is 11.6. The summed E-state index contributed by atoms with van der Waals surface area (Å²) in [6, 6.07) is 12.1. The number of nitrogens with one attached hydrogen (secondary N) is 1. The van der Waals surface area contributed by atoms with Crippen molar-refractivity contribution in [3.8, 4) is 5.75 Å². The molecule has 2 rings (SSSR count). The van der Waals surface area contributed by atoms with Gasteiger partial charge in [-0.3, -0.25) is 4.79 Å². The van der Waals surface area contributed by atoms with Crippen LogP contribution in [0.3, 0.4) is 0 Å². The highest BCUT2D eigenvalue weighted by atomic mass is 79.9. The zero-order valence-electron chi connectivity index (χ0n) is 12.6. The SMILES string of the molecule is CCc1ccc(OCC(=O)N/N=C\c2ccc(Br)cc2F)cc1. The molecule has 0 fully saturated rings. The summed E-state index contributed by atoms with van der Waals surface area (Å²) in [7, 11) is 0. The van der Waals surface area contributed by atoms with Crippen LogP contribution in [-0.2, 0) is 11.2 Å². The lowest BCUT2D eigenvalue weighted by molar-refractivity contribution is -0.123. The topological polar surface area (TPSA) is 50.7 Å². The minimum Gasteiger partial charge on any atom is -0.484 e. The molecule has 0 unspecified atom stereocenters. The van der Waals surface area contributed by atoms with Crippen molar-refractivity contribution in [3.63, 3.8) is 0 Å². The fourth-order valence-corrected chi connectivity index (χ4v) is 2.12. The van der Waals surface area contributed by atoms with E-state index in [1.54, 1.807) is 12.1 Å². The summed E-state index contributed by atoms with van der Waals surface area (Å²) in [6.07, 6.45) is 2.19. The van der Waals surface area contributed by atoms with Crippen LogP contribution < -0.4 is 10.2 Å². The number of ether oxygens (including phenoxy) is 1. The minimum absolute atomic E-state index is 0.161. The molecule has 0 aliphatic heterocycles. The summed E-state index contributed by atoms with van der Waals surface area (Å²) in [5, 5.41) is 3.71. The second-order valence-corrected chi connectivity index (χ2v) is 5.66. The fourth-order valence-electron chi connectivity index (χ4n) is 1.78. The first-order valence-corrected chi connectivity index (χ1v) is 7.86. The molecule has 0 heterocycles. The molecule has 0 saturated carbocycles. The molecule has 0 aromatic heterocycles. The molecule has 0 bridgehead atoms. The average molecular weight is 379 g/mol. The van der Waals surface area contributed by atoms with E-state index < -0.39 is 11.7 Å². The average Bonchev–Trinajstić information content (AvgIpc) is 2.55. The van der Waals surface area contributed by atoms with Crippen LogP contribution in [0, 0.1) is 5.82 Å². The van der Waals surface area contributed by atoms with Crippen molar-refractivity contribution in [2.45, 2.75) is 13.3 Å². The number of hydrogen-bond donors (Lipinski definition) is 1. The molecule has 4 nitrogen and oxygen atoms in total. The number of aryl methyl sites for hydroxylation is 1. The smallest absolute Gasteiger partial charge is 0.277 e. The predicted octanol–water partition coefficient (Wildman–Crippen LogP) is 3.68. The molecule has 0 saturated heterocycles. The Morgan fingerprint density at radius 3 is 2.70 bits per heavy atom. The van der Waals surface area contributed by atoms with Crippen LogP contribution in [0.25, 0.3) is 0 Å². The monoisotopic (exact) mass is 378 g/mol. The van der Waals surface area contributed by atoms with Gasteiger partial charge in [0.15, 0.2) is 6.61 Å². The molecule has 0 spiro atoms. The van der Waals surface area contributed by atoms with Crippen LogP contribution in [0.1, 0.15) is 18.1 Å². The van der Waals surface area contributed by atoms with Crippen molar-refractivity contribution < 1.29 is 13.9 Å². The number of carbonyl (C=O) groups excluding carboxylic acids is 1. The molecule has 2 aromatic carbocycles. The van der Waals surface area contributed by atoms with E-state index >= 15 is 0 Å². The second-order valence-electron chi connectivity index (χ2n) is 4.75. The van der Waals surface area contributed by atoms with Crippen LogP contribution in [0.5, 0.6) is 5.75 Å². The number of hydrogen-bond acceptors (Lipinski definition) is 3. The minimum atomic E-state index is -0.426. The van der Waals surface area contributed by atoms with Crippen LogP contribution in [-0.4, -0.2) is 18.7 Å². The van der Waals surface area contributed by atoms with Crippen molar-refractivity contribution in [1.29, 1.82) is 0 Å². The first kappa shape index (κ1) is 17.1. The Morgan fingerprint density at radius 2 is 2.04 bits per heavy atom. The fraction of sp³-hybridized carbons (Fsp3) is 0.176. The molecular formula is C17H16BrFN2O2. The zero-order chi connectivity index (χ0) is 16.7. The zero-order valence-corrected chi connectivity index (χ0v) is 14.1. The van der Waals surface area contributed by atoms with Gasteiger partial charge in [-0.05, 0) is 42.3 Å². The number of carbonyl (C=O) groups is 1. The highest BCUT2D eigenvalue weighted by molar-refractivity contribution is 9.10. The molecule has 6 heteroatoms. The van der Waals surface area contributed by atoms with Gasteiger partial charge in [-0.15, -0.1) is 0 Å². The maximum Gasteiger partial charge on any atom is 0.277 e. The van der Waals surface area contributed by atoms with E-state index in [9.17, 15) is 9.18 Å². The summed E-state index contributed by atoms with van der Waals surface area (Å²) >= 11 is 3.17. The van der Waals surface area contributed by atoms with E-state index in [1.807, 2.05) is 24.3 Å². The molecule has 2 aromatic rings. The first-order valence-electron chi connectivity index (χ1n) is 7.07. The van der Waals surface area contributed by atoms with Crippen LogP contribution in [0.15, 0.2) is 52.0 Å². The van der Waals surface area contributed by atoms with Gasteiger partial charge >= 0.3 is 0 Å². The van der Waals surface area contributed by atoms with Crippen molar-refractivity contribution in [3.05, 3.63) is 63.9 Å². The molecule has 0 atom stereocenters.